The second-order valence-electron chi connectivity index (χ2n) is 21.4. The molecule has 0 radical (unpaired) electrons. The Morgan fingerprint density at radius 1 is 0.408 bits per heavy atom. The van der Waals surface area contributed by atoms with Crippen LogP contribution in [0.5, 0.6) is 0 Å². The van der Waals surface area contributed by atoms with E-state index in [2.05, 4.69) is 197 Å². The van der Waals surface area contributed by atoms with Gasteiger partial charge in [0, 0.05) is 11.1 Å². The first kappa shape index (κ1) is 41.4. The number of nitrogens with zero attached hydrogens (tertiary/aromatic N) is 1. The molecule has 268 valence electrons. The molecule has 0 aromatic heterocycles. The third kappa shape index (κ3) is 7.64. The Labute approximate surface area is 307 Å². The molecule has 49 heavy (non-hydrogen) atoms. The number of nitriles is 1. The Kier molecular flexibility index (Phi) is 10.9. The Morgan fingerprint density at radius 2 is 0.633 bits per heavy atom. The number of aryl methyl sites for hydroxylation is 1. The van der Waals surface area contributed by atoms with Crippen molar-refractivity contribution in [2.75, 3.05) is 0 Å². The molecule has 0 amide bonds. The molecule has 1 nitrogen and oxygen atoms in total. The lowest BCUT2D eigenvalue weighted by atomic mass is 9.90. The van der Waals surface area contributed by atoms with Gasteiger partial charge in [-0.15, -0.1) is 0 Å². The lowest BCUT2D eigenvalue weighted by molar-refractivity contribution is 0.728. The summed E-state index contributed by atoms with van der Waals surface area (Å²) < 4.78 is 0. The molecule has 0 N–H and O–H groups in total. The zero-order chi connectivity index (χ0) is 38.1. The number of hydrogen-bond acceptors (Lipinski definition) is 1. The molecule has 0 heterocycles. The van der Waals surface area contributed by atoms with E-state index in [1.54, 1.807) is 0 Å². The summed E-state index contributed by atoms with van der Waals surface area (Å²) in [4.78, 5) is 0. The normalized spacial score (nSPS) is 14.2. The maximum absolute atomic E-state index is 11.1. The molecule has 3 rings (SSSR count). The van der Waals surface area contributed by atoms with Gasteiger partial charge in [-0.1, -0.05) is 205 Å². The summed E-state index contributed by atoms with van der Waals surface area (Å²) in [7, 11) is -7.51. The molecule has 0 aliphatic carbocycles. The number of hydrogen-bond donors (Lipinski definition) is 0. The maximum Gasteiger partial charge on any atom is 0.100 e. The standard InChI is InChI=1S/C44H71NSi4/c1-31-22-38(32-24-34(46(14,15)41(2,3)4)28-35(25-32)47(16,17)42(5,6)7)40(30-45)39(23-31)33-26-36(48(18,19)43(8,9)10)29-37(27-33)49(20,21)44(11,12)13/h22-29H,1-21H3. The smallest absolute Gasteiger partial charge is 0.100 e. The van der Waals surface area contributed by atoms with Gasteiger partial charge in [-0.25, -0.2) is 0 Å². The van der Waals surface area contributed by atoms with Crippen LogP contribution in [-0.2, 0) is 0 Å². The average Bonchev–Trinajstić information content (AvgIpc) is 2.93. The average molecular weight is 726 g/mol. The van der Waals surface area contributed by atoms with Crippen LogP contribution in [0.15, 0.2) is 48.5 Å². The predicted molar refractivity (Wildman–Crippen MR) is 234 cm³/mol. The van der Waals surface area contributed by atoms with Gasteiger partial charge in [0.1, 0.15) is 6.07 Å². The fourth-order valence-electron chi connectivity index (χ4n) is 6.10. The van der Waals surface area contributed by atoms with Gasteiger partial charge in [0.25, 0.3) is 0 Å². The second kappa shape index (κ2) is 12.9. The third-order valence-electron chi connectivity index (χ3n) is 14.3. The summed E-state index contributed by atoms with van der Waals surface area (Å²) in [5.41, 5.74) is 6.63. The highest BCUT2D eigenvalue weighted by Crippen LogP contribution is 2.42. The fraction of sp³-hybridized carbons (Fsp3) is 0.568. The zero-order valence-electron chi connectivity index (χ0n) is 35.6. The van der Waals surface area contributed by atoms with Gasteiger partial charge in [0.2, 0.25) is 0 Å². The van der Waals surface area contributed by atoms with E-state index in [-0.39, 0.29) is 20.2 Å². The Bertz CT molecular complexity index is 1550. The van der Waals surface area contributed by atoms with E-state index >= 15 is 0 Å². The molecule has 0 fully saturated rings. The van der Waals surface area contributed by atoms with Gasteiger partial charge >= 0.3 is 0 Å². The molecule has 0 spiro atoms. The van der Waals surface area contributed by atoms with Crippen LogP contribution in [0.25, 0.3) is 22.3 Å². The summed E-state index contributed by atoms with van der Waals surface area (Å²) in [6, 6.07) is 22.4. The first-order valence-corrected chi connectivity index (χ1v) is 30.6. The van der Waals surface area contributed by atoms with Crippen molar-refractivity contribution >= 4 is 53.0 Å². The van der Waals surface area contributed by atoms with Gasteiger partial charge in [0.05, 0.1) is 37.9 Å². The lowest BCUT2D eigenvalue weighted by Crippen LogP contribution is -2.55. The molecule has 0 aliphatic rings. The SMILES string of the molecule is Cc1cc(-c2cc([Si](C)(C)C(C)(C)C)cc([Si](C)(C)C(C)(C)C)c2)c(C#N)c(-c2cc([Si](C)(C)C(C)(C)C)cc([Si](C)(C)C(C)(C)C)c2)c1. The molecular weight excluding hydrogens is 655 g/mol. The Balaban J connectivity index is 2.55. The van der Waals surface area contributed by atoms with Gasteiger partial charge < -0.3 is 0 Å². The summed E-state index contributed by atoms with van der Waals surface area (Å²) >= 11 is 0. The fourth-order valence-corrected chi connectivity index (χ4v) is 14.0. The van der Waals surface area contributed by atoms with Gasteiger partial charge in [-0.3, -0.25) is 0 Å². The molecule has 0 saturated carbocycles. The van der Waals surface area contributed by atoms with Crippen LogP contribution in [0, 0.1) is 18.3 Å². The van der Waals surface area contributed by atoms with E-state index in [1.807, 2.05) is 0 Å². The topological polar surface area (TPSA) is 23.8 Å². The van der Waals surface area contributed by atoms with Crippen LogP contribution in [0.3, 0.4) is 0 Å². The van der Waals surface area contributed by atoms with E-state index in [0.29, 0.717) is 0 Å². The Hall–Kier alpha value is -1.98. The molecule has 5 heteroatoms. The zero-order valence-corrected chi connectivity index (χ0v) is 39.6. The summed E-state index contributed by atoms with van der Waals surface area (Å²) in [5, 5.41) is 18.0. The molecule has 0 aliphatic heterocycles. The van der Waals surface area contributed by atoms with Crippen molar-refractivity contribution in [2.24, 2.45) is 0 Å². The minimum atomic E-state index is -1.88. The van der Waals surface area contributed by atoms with Crippen molar-refractivity contribution in [3.8, 4) is 28.3 Å². The van der Waals surface area contributed by atoms with E-state index < -0.39 is 32.3 Å². The minimum absolute atomic E-state index is 0.205. The highest BCUT2D eigenvalue weighted by molar-refractivity contribution is 6.96. The van der Waals surface area contributed by atoms with Gasteiger partial charge in [0.15, 0.2) is 0 Å². The quantitative estimate of drug-likeness (QED) is 0.232. The van der Waals surface area contributed by atoms with Crippen molar-refractivity contribution in [1.82, 2.24) is 0 Å². The second-order valence-corrected chi connectivity index (χ2v) is 42.8. The van der Waals surface area contributed by atoms with Crippen molar-refractivity contribution in [3.05, 3.63) is 59.7 Å². The number of benzene rings is 3. The van der Waals surface area contributed by atoms with E-state index in [0.717, 1.165) is 16.7 Å². The molecule has 0 unspecified atom stereocenters. The Morgan fingerprint density at radius 3 is 0.816 bits per heavy atom. The van der Waals surface area contributed by atoms with Crippen LogP contribution in [-0.4, -0.2) is 32.3 Å². The molecule has 0 bridgehead atoms. The maximum atomic E-state index is 11.1. The summed E-state index contributed by atoms with van der Waals surface area (Å²) in [6.07, 6.45) is 0. The van der Waals surface area contributed by atoms with Crippen molar-refractivity contribution < 1.29 is 0 Å². The van der Waals surface area contributed by atoms with Crippen molar-refractivity contribution in [2.45, 2.75) is 163 Å². The summed E-state index contributed by atoms with van der Waals surface area (Å²) in [5.74, 6) is 0. The lowest BCUT2D eigenvalue weighted by Gasteiger charge is -2.41. The number of rotatable bonds is 6. The highest BCUT2D eigenvalue weighted by atomic mass is 28.3. The van der Waals surface area contributed by atoms with Crippen LogP contribution in [0.1, 0.15) is 94.2 Å². The van der Waals surface area contributed by atoms with Crippen LogP contribution >= 0.6 is 0 Å². The summed E-state index contributed by atoms with van der Waals surface area (Å²) in [6.45, 7) is 51.4. The van der Waals surface area contributed by atoms with E-state index in [4.69, 9.17) is 0 Å². The van der Waals surface area contributed by atoms with Crippen LogP contribution in [0.4, 0.5) is 0 Å². The molecule has 3 aromatic carbocycles. The highest BCUT2D eigenvalue weighted by Gasteiger charge is 2.43. The first-order chi connectivity index (χ1) is 21.7. The molecule has 0 saturated heterocycles. The van der Waals surface area contributed by atoms with Crippen molar-refractivity contribution in [1.29, 1.82) is 5.26 Å². The van der Waals surface area contributed by atoms with Gasteiger partial charge in [-0.2, -0.15) is 5.26 Å². The largest absolute Gasteiger partial charge is 0.192 e. The third-order valence-corrected chi connectivity index (χ3v) is 36.2. The molecule has 3 aromatic rings. The first-order valence-electron chi connectivity index (χ1n) is 18.6. The van der Waals surface area contributed by atoms with Gasteiger partial charge in [-0.05, 0) is 43.8 Å². The van der Waals surface area contributed by atoms with Crippen molar-refractivity contribution in [3.63, 3.8) is 0 Å². The van der Waals surface area contributed by atoms with Crippen LogP contribution in [0.2, 0.25) is 72.5 Å². The van der Waals surface area contributed by atoms with E-state index in [9.17, 15) is 5.26 Å². The predicted octanol–water partition coefficient (Wildman–Crippen LogP) is 12.1. The van der Waals surface area contributed by atoms with Crippen LogP contribution < -0.4 is 20.7 Å². The van der Waals surface area contributed by atoms with E-state index in [1.165, 1.54) is 37.4 Å². The molecular formula is C44H71NSi4. The monoisotopic (exact) mass is 725 g/mol. The molecule has 0 atom stereocenters. The minimum Gasteiger partial charge on any atom is -0.192 e.